The number of hydrogen-bond donors (Lipinski definition) is 0. The average molecular weight is 307 g/mol. The van der Waals surface area contributed by atoms with Crippen LogP contribution < -0.4 is 4.74 Å². The van der Waals surface area contributed by atoms with Crippen LogP contribution in [0.1, 0.15) is 47.0 Å². The fourth-order valence-electron chi connectivity index (χ4n) is 2.25. The van der Waals surface area contributed by atoms with Crippen LogP contribution in [0.5, 0.6) is 5.75 Å². The number of ether oxygens (including phenoxy) is 2. The van der Waals surface area contributed by atoms with Gasteiger partial charge in [0, 0.05) is 12.6 Å². The first kappa shape index (κ1) is 18.3. The van der Waals surface area contributed by atoms with Crippen molar-refractivity contribution in [2.75, 3.05) is 13.7 Å². The van der Waals surface area contributed by atoms with E-state index in [9.17, 15) is 4.79 Å². The number of piperidine rings is 1. The summed E-state index contributed by atoms with van der Waals surface area (Å²) in [5.74, 6) is 0.910. The molecule has 124 valence electrons. The minimum Gasteiger partial charge on any atom is -0.497 e. The number of amides is 1. The molecular formula is C18H29NO3. The van der Waals surface area contributed by atoms with E-state index in [0.29, 0.717) is 6.04 Å². The number of carbonyl (C=O) groups excluding carboxylic acids is 1. The van der Waals surface area contributed by atoms with Gasteiger partial charge in [0.25, 0.3) is 0 Å². The average Bonchev–Trinajstić information content (AvgIpc) is 2.47. The molecule has 0 N–H and O–H groups in total. The molecular weight excluding hydrogens is 278 g/mol. The Morgan fingerprint density at radius 1 is 1.18 bits per heavy atom. The van der Waals surface area contributed by atoms with E-state index >= 15 is 0 Å². The van der Waals surface area contributed by atoms with Gasteiger partial charge in [0.05, 0.1) is 7.11 Å². The Morgan fingerprint density at radius 3 is 2.27 bits per heavy atom. The van der Waals surface area contributed by atoms with E-state index in [-0.39, 0.29) is 11.7 Å². The standard InChI is InChI=1S/C11H21NO2.C7H8O/c1-9-7-5-6-8-12(9)10(13)14-11(2,3)4;1-8-7-5-3-2-4-6-7/h9H,5-8H2,1-4H3;2-6H,1H3. The van der Waals surface area contributed by atoms with E-state index in [2.05, 4.69) is 6.92 Å². The normalized spacial score (nSPS) is 18.0. The molecule has 0 aromatic heterocycles. The maximum absolute atomic E-state index is 11.7. The summed E-state index contributed by atoms with van der Waals surface area (Å²) in [4.78, 5) is 13.6. The highest BCUT2D eigenvalue weighted by Crippen LogP contribution is 2.19. The van der Waals surface area contributed by atoms with Gasteiger partial charge in [-0.3, -0.25) is 0 Å². The monoisotopic (exact) mass is 307 g/mol. The molecule has 1 aliphatic rings. The molecule has 1 fully saturated rings. The third-order valence-corrected chi connectivity index (χ3v) is 3.41. The van der Waals surface area contributed by atoms with Gasteiger partial charge in [-0.05, 0) is 59.1 Å². The van der Waals surface area contributed by atoms with E-state index in [1.165, 1.54) is 6.42 Å². The van der Waals surface area contributed by atoms with Crippen LogP contribution in [0.2, 0.25) is 0 Å². The van der Waals surface area contributed by atoms with Crippen molar-refractivity contribution in [3.8, 4) is 5.75 Å². The Hall–Kier alpha value is -1.71. The topological polar surface area (TPSA) is 38.8 Å². The zero-order valence-corrected chi connectivity index (χ0v) is 14.5. The molecule has 22 heavy (non-hydrogen) atoms. The molecule has 0 aliphatic carbocycles. The summed E-state index contributed by atoms with van der Waals surface area (Å²) in [6, 6.07) is 10.0. The van der Waals surface area contributed by atoms with Crippen LogP contribution in [0.3, 0.4) is 0 Å². The van der Waals surface area contributed by atoms with Gasteiger partial charge in [-0.15, -0.1) is 0 Å². The minimum absolute atomic E-state index is 0.162. The summed E-state index contributed by atoms with van der Waals surface area (Å²) in [5.41, 5.74) is -0.381. The lowest BCUT2D eigenvalue weighted by atomic mass is 10.0. The fraction of sp³-hybridized carbons (Fsp3) is 0.611. The highest BCUT2D eigenvalue weighted by molar-refractivity contribution is 5.68. The molecule has 1 saturated heterocycles. The van der Waals surface area contributed by atoms with E-state index in [4.69, 9.17) is 9.47 Å². The third kappa shape index (κ3) is 6.83. The van der Waals surface area contributed by atoms with Crippen molar-refractivity contribution < 1.29 is 14.3 Å². The van der Waals surface area contributed by atoms with Crippen LogP contribution >= 0.6 is 0 Å². The van der Waals surface area contributed by atoms with Crippen LogP contribution in [0.25, 0.3) is 0 Å². The van der Waals surface area contributed by atoms with Crippen molar-refractivity contribution >= 4 is 6.09 Å². The van der Waals surface area contributed by atoms with Crippen LogP contribution in [0.15, 0.2) is 30.3 Å². The molecule has 0 bridgehead atoms. The van der Waals surface area contributed by atoms with E-state index in [1.54, 1.807) is 7.11 Å². The quantitative estimate of drug-likeness (QED) is 0.767. The highest BCUT2D eigenvalue weighted by Gasteiger charge is 2.27. The first-order chi connectivity index (χ1) is 10.3. The SMILES string of the molecule is CC1CCCCN1C(=O)OC(C)(C)C.COc1ccccc1. The molecule has 0 spiro atoms. The zero-order valence-electron chi connectivity index (χ0n) is 14.5. The van der Waals surface area contributed by atoms with Gasteiger partial charge >= 0.3 is 6.09 Å². The number of rotatable bonds is 1. The maximum Gasteiger partial charge on any atom is 0.410 e. The Labute approximate surface area is 134 Å². The van der Waals surface area contributed by atoms with Gasteiger partial charge in [0.15, 0.2) is 0 Å². The molecule has 4 heteroatoms. The summed E-state index contributed by atoms with van der Waals surface area (Å²) in [6.45, 7) is 8.64. The molecule has 0 radical (unpaired) electrons. The van der Waals surface area contributed by atoms with Crippen LogP contribution in [-0.2, 0) is 4.74 Å². The molecule has 1 aromatic rings. The van der Waals surface area contributed by atoms with Gasteiger partial charge in [0.2, 0.25) is 0 Å². The summed E-state index contributed by atoms with van der Waals surface area (Å²) < 4.78 is 10.2. The predicted octanol–water partition coefficient (Wildman–Crippen LogP) is 4.49. The van der Waals surface area contributed by atoms with Crippen molar-refractivity contribution in [1.82, 2.24) is 4.90 Å². The molecule has 2 rings (SSSR count). The first-order valence-corrected chi connectivity index (χ1v) is 7.92. The van der Waals surface area contributed by atoms with Crippen molar-refractivity contribution in [3.63, 3.8) is 0 Å². The zero-order chi connectivity index (χ0) is 16.6. The van der Waals surface area contributed by atoms with Crippen molar-refractivity contribution in [2.24, 2.45) is 0 Å². The molecule has 1 heterocycles. The van der Waals surface area contributed by atoms with Gasteiger partial charge in [0.1, 0.15) is 11.4 Å². The number of benzene rings is 1. The lowest BCUT2D eigenvalue weighted by molar-refractivity contribution is 0.0121. The first-order valence-electron chi connectivity index (χ1n) is 7.92. The largest absolute Gasteiger partial charge is 0.497 e. The van der Waals surface area contributed by atoms with Crippen LogP contribution in [0.4, 0.5) is 4.79 Å². The van der Waals surface area contributed by atoms with Gasteiger partial charge in [-0.2, -0.15) is 0 Å². The number of likely N-dealkylation sites (tertiary alicyclic amines) is 1. The minimum atomic E-state index is -0.381. The number of nitrogens with zero attached hydrogens (tertiary/aromatic N) is 1. The lowest BCUT2D eigenvalue weighted by Crippen LogP contribution is -2.44. The molecule has 1 amide bonds. The Balaban J connectivity index is 0.000000255. The molecule has 1 aromatic carbocycles. The Bertz CT molecular complexity index is 439. The Kier molecular flexibility index (Phi) is 7.22. The van der Waals surface area contributed by atoms with Crippen molar-refractivity contribution in [1.29, 1.82) is 0 Å². The number of methoxy groups -OCH3 is 1. The number of para-hydroxylation sites is 1. The second-order valence-corrected chi connectivity index (χ2v) is 6.54. The summed E-state index contributed by atoms with van der Waals surface area (Å²) in [5, 5.41) is 0. The van der Waals surface area contributed by atoms with Crippen LogP contribution in [-0.4, -0.2) is 36.3 Å². The predicted molar refractivity (Wildman–Crippen MR) is 89.2 cm³/mol. The Morgan fingerprint density at radius 2 is 1.82 bits per heavy atom. The number of carbonyl (C=O) groups is 1. The van der Waals surface area contributed by atoms with Gasteiger partial charge in [-0.25, -0.2) is 4.79 Å². The summed E-state index contributed by atoms with van der Waals surface area (Å²) in [6.07, 6.45) is 3.26. The molecule has 1 aliphatic heterocycles. The second-order valence-electron chi connectivity index (χ2n) is 6.54. The molecule has 0 saturated carbocycles. The fourth-order valence-corrected chi connectivity index (χ4v) is 2.25. The van der Waals surface area contributed by atoms with E-state index in [0.717, 1.165) is 25.1 Å². The summed E-state index contributed by atoms with van der Waals surface area (Å²) in [7, 11) is 1.66. The van der Waals surface area contributed by atoms with Crippen LogP contribution in [0, 0.1) is 0 Å². The van der Waals surface area contributed by atoms with Gasteiger partial charge < -0.3 is 14.4 Å². The summed E-state index contributed by atoms with van der Waals surface area (Å²) >= 11 is 0. The third-order valence-electron chi connectivity index (χ3n) is 3.41. The van der Waals surface area contributed by atoms with Crippen molar-refractivity contribution in [3.05, 3.63) is 30.3 Å². The molecule has 4 nitrogen and oxygen atoms in total. The smallest absolute Gasteiger partial charge is 0.410 e. The molecule has 1 atom stereocenters. The molecule has 1 unspecified atom stereocenters. The number of hydrogen-bond acceptors (Lipinski definition) is 3. The maximum atomic E-state index is 11.7. The van der Waals surface area contributed by atoms with E-state index < -0.39 is 0 Å². The van der Waals surface area contributed by atoms with E-state index in [1.807, 2.05) is 56.0 Å². The highest BCUT2D eigenvalue weighted by atomic mass is 16.6. The van der Waals surface area contributed by atoms with Gasteiger partial charge in [-0.1, -0.05) is 18.2 Å². The second kappa shape index (κ2) is 8.66. The van der Waals surface area contributed by atoms with Crippen molar-refractivity contribution in [2.45, 2.75) is 58.6 Å². The lowest BCUT2D eigenvalue weighted by Gasteiger charge is -2.34.